The third-order valence-electron chi connectivity index (χ3n) is 5.83. The maximum Gasteiger partial charge on any atom is 0.325 e. The summed E-state index contributed by atoms with van der Waals surface area (Å²) in [6.07, 6.45) is 17.8. The molecule has 1 unspecified atom stereocenters. The van der Waals surface area contributed by atoms with Crippen LogP contribution in [-0.2, 0) is 6.42 Å². The maximum atomic E-state index is 12.5. The minimum Gasteiger partial charge on any atom is -0.311 e. The van der Waals surface area contributed by atoms with Crippen LogP contribution in [0.5, 0.6) is 0 Å². The number of aromatic nitrogens is 4. The van der Waals surface area contributed by atoms with Gasteiger partial charge in [-0.1, -0.05) is 24.3 Å². The molecule has 0 aliphatic heterocycles. The Balaban J connectivity index is 1.55. The molecule has 140 valence electrons. The summed E-state index contributed by atoms with van der Waals surface area (Å²) in [6, 6.07) is 1.75. The standard InChI is InChI=1S/C21H24N4O2/c26-20-17(13-18-22-11-4-12-23-18)19(24-21(27)25-20)16-9-7-15(8-10-16)14-5-2-1-3-6-14/h1-5,11-12,14-16H,6-10,13H2,(H2,24,25,26,27)/t14?,15-,16-. The molecule has 6 nitrogen and oxygen atoms in total. The summed E-state index contributed by atoms with van der Waals surface area (Å²) in [5.74, 6) is 2.09. The van der Waals surface area contributed by atoms with Crippen LogP contribution in [0.4, 0.5) is 0 Å². The van der Waals surface area contributed by atoms with Crippen molar-refractivity contribution in [3.05, 3.63) is 80.7 Å². The summed E-state index contributed by atoms with van der Waals surface area (Å²) >= 11 is 0. The predicted octanol–water partition coefficient (Wildman–Crippen LogP) is 2.85. The van der Waals surface area contributed by atoms with Gasteiger partial charge in [0.25, 0.3) is 5.56 Å². The van der Waals surface area contributed by atoms with E-state index in [0.717, 1.165) is 37.8 Å². The first kappa shape index (κ1) is 17.6. The molecule has 27 heavy (non-hydrogen) atoms. The van der Waals surface area contributed by atoms with E-state index in [1.165, 1.54) is 0 Å². The second kappa shape index (κ2) is 7.86. The van der Waals surface area contributed by atoms with Gasteiger partial charge in [0, 0.05) is 30.1 Å². The van der Waals surface area contributed by atoms with E-state index in [9.17, 15) is 9.59 Å². The third-order valence-corrected chi connectivity index (χ3v) is 5.83. The molecule has 2 aromatic heterocycles. The number of nitrogens with one attached hydrogen (secondary N) is 2. The Kier molecular flexibility index (Phi) is 5.14. The van der Waals surface area contributed by atoms with E-state index in [2.05, 4.69) is 44.2 Å². The summed E-state index contributed by atoms with van der Waals surface area (Å²) < 4.78 is 0. The predicted molar refractivity (Wildman–Crippen MR) is 104 cm³/mol. The highest BCUT2D eigenvalue weighted by Gasteiger charge is 2.29. The van der Waals surface area contributed by atoms with Gasteiger partial charge in [-0.15, -0.1) is 0 Å². The van der Waals surface area contributed by atoms with Crippen LogP contribution in [0.1, 0.15) is 55.1 Å². The summed E-state index contributed by atoms with van der Waals surface area (Å²) in [5, 5.41) is 0. The largest absolute Gasteiger partial charge is 0.325 e. The fourth-order valence-electron chi connectivity index (χ4n) is 4.42. The van der Waals surface area contributed by atoms with Crippen LogP contribution in [0.2, 0.25) is 0 Å². The summed E-state index contributed by atoms with van der Waals surface area (Å²) in [7, 11) is 0. The lowest BCUT2D eigenvalue weighted by Crippen LogP contribution is -2.31. The van der Waals surface area contributed by atoms with Crippen molar-refractivity contribution < 1.29 is 0 Å². The molecule has 1 atom stereocenters. The van der Waals surface area contributed by atoms with Crippen molar-refractivity contribution in [2.24, 2.45) is 11.8 Å². The maximum absolute atomic E-state index is 12.5. The third kappa shape index (κ3) is 3.99. The molecule has 1 fully saturated rings. The van der Waals surface area contributed by atoms with E-state index in [1.54, 1.807) is 18.5 Å². The molecular weight excluding hydrogens is 340 g/mol. The van der Waals surface area contributed by atoms with Crippen molar-refractivity contribution in [3.8, 4) is 0 Å². The summed E-state index contributed by atoms with van der Waals surface area (Å²) in [4.78, 5) is 38.1. The van der Waals surface area contributed by atoms with E-state index in [4.69, 9.17) is 0 Å². The van der Waals surface area contributed by atoms with Gasteiger partial charge < -0.3 is 4.98 Å². The quantitative estimate of drug-likeness (QED) is 0.873. The molecule has 2 aliphatic carbocycles. The molecule has 2 aromatic rings. The molecule has 0 bridgehead atoms. The minimum absolute atomic E-state index is 0.207. The van der Waals surface area contributed by atoms with Crippen LogP contribution in [0.15, 0.2) is 52.4 Å². The van der Waals surface area contributed by atoms with Crippen molar-refractivity contribution in [2.45, 2.75) is 44.4 Å². The fourth-order valence-corrected chi connectivity index (χ4v) is 4.42. The zero-order chi connectivity index (χ0) is 18.6. The number of rotatable bonds is 4. The Hall–Kier alpha value is -2.76. The van der Waals surface area contributed by atoms with Crippen molar-refractivity contribution in [3.63, 3.8) is 0 Å². The van der Waals surface area contributed by atoms with Crippen molar-refractivity contribution in [2.75, 3.05) is 0 Å². The molecule has 0 spiro atoms. The highest BCUT2D eigenvalue weighted by molar-refractivity contribution is 5.24. The van der Waals surface area contributed by atoms with E-state index in [0.29, 0.717) is 29.6 Å². The normalized spacial score (nSPS) is 24.8. The molecule has 0 radical (unpaired) electrons. The van der Waals surface area contributed by atoms with E-state index in [-0.39, 0.29) is 11.5 Å². The molecule has 2 N–H and O–H groups in total. The molecular formula is C21H24N4O2. The first-order chi connectivity index (χ1) is 13.2. The zero-order valence-electron chi connectivity index (χ0n) is 15.2. The SMILES string of the molecule is O=c1[nH]c(=O)c(Cc2ncccn2)c([C@H]2CC[C@H](C3C=CC=CC3)CC2)[nH]1. The van der Waals surface area contributed by atoms with Gasteiger partial charge in [-0.2, -0.15) is 0 Å². The first-order valence-electron chi connectivity index (χ1n) is 9.65. The lowest BCUT2D eigenvalue weighted by atomic mass is 9.72. The molecule has 4 rings (SSSR count). The number of aromatic amines is 2. The van der Waals surface area contributed by atoms with Crippen LogP contribution in [0.3, 0.4) is 0 Å². The Bertz CT molecular complexity index is 950. The second-order valence-electron chi connectivity index (χ2n) is 7.47. The Morgan fingerprint density at radius 1 is 1.00 bits per heavy atom. The van der Waals surface area contributed by atoms with Crippen molar-refractivity contribution in [1.29, 1.82) is 0 Å². The molecule has 0 saturated heterocycles. The number of hydrogen-bond acceptors (Lipinski definition) is 4. The summed E-state index contributed by atoms with van der Waals surface area (Å²) in [5.41, 5.74) is 0.595. The Morgan fingerprint density at radius 3 is 2.48 bits per heavy atom. The van der Waals surface area contributed by atoms with Gasteiger partial charge in [-0.05, 0) is 55.9 Å². The molecule has 2 heterocycles. The van der Waals surface area contributed by atoms with Gasteiger partial charge in [-0.25, -0.2) is 14.8 Å². The minimum atomic E-state index is -0.435. The molecule has 0 aromatic carbocycles. The molecule has 2 aliphatic rings. The van der Waals surface area contributed by atoms with Gasteiger partial charge in [-0.3, -0.25) is 9.78 Å². The number of H-pyrrole nitrogens is 2. The van der Waals surface area contributed by atoms with Gasteiger partial charge in [0.2, 0.25) is 0 Å². The highest BCUT2D eigenvalue weighted by Crippen LogP contribution is 2.40. The Labute approximate surface area is 157 Å². The lowest BCUT2D eigenvalue weighted by Gasteiger charge is -2.33. The van der Waals surface area contributed by atoms with Gasteiger partial charge in [0.15, 0.2) is 0 Å². The zero-order valence-corrected chi connectivity index (χ0v) is 15.2. The van der Waals surface area contributed by atoms with E-state index < -0.39 is 5.69 Å². The van der Waals surface area contributed by atoms with Crippen molar-refractivity contribution in [1.82, 2.24) is 19.9 Å². The summed E-state index contributed by atoms with van der Waals surface area (Å²) in [6.45, 7) is 0. The van der Waals surface area contributed by atoms with Gasteiger partial charge >= 0.3 is 5.69 Å². The first-order valence-corrected chi connectivity index (χ1v) is 9.65. The molecule has 1 saturated carbocycles. The number of allylic oxidation sites excluding steroid dienone is 4. The smallest absolute Gasteiger partial charge is 0.311 e. The lowest BCUT2D eigenvalue weighted by molar-refractivity contribution is 0.262. The monoisotopic (exact) mass is 364 g/mol. The number of hydrogen-bond donors (Lipinski definition) is 2. The number of nitrogens with zero attached hydrogens (tertiary/aromatic N) is 2. The average Bonchev–Trinajstić information content (AvgIpc) is 2.71. The van der Waals surface area contributed by atoms with Crippen LogP contribution in [0, 0.1) is 11.8 Å². The van der Waals surface area contributed by atoms with Crippen LogP contribution < -0.4 is 11.2 Å². The Morgan fingerprint density at radius 2 is 1.78 bits per heavy atom. The molecule has 6 heteroatoms. The van der Waals surface area contributed by atoms with Gasteiger partial charge in [0.1, 0.15) is 5.82 Å². The van der Waals surface area contributed by atoms with Crippen molar-refractivity contribution >= 4 is 0 Å². The average molecular weight is 364 g/mol. The second-order valence-corrected chi connectivity index (χ2v) is 7.47. The van der Waals surface area contributed by atoms with Crippen LogP contribution in [0.25, 0.3) is 0 Å². The fraction of sp³-hybridized carbons (Fsp3) is 0.429. The van der Waals surface area contributed by atoms with E-state index >= 15 is 0 Å². The van der Waals surface area contributed by atoms with Crippen LogP contribution in [-0.4, -0.2) is 19.9 Å². The van der Waals surface area contributed by atoms with Crippen LogP contribution >= 0.6 is 0 Å². The highest BCUT2D eigenvalue weighted by atomic mass is 16.2. The van der Waals surface area contributed by atoms with Gasteiger partial charge in [0.05, 0.1) is 0 Å². The topological polar surface area (TPSA) is 91.5 Å². The molecule has 0 amide bonds. The van der Waals surface area contributed by atoms with E-state index in [1.807, 2.05) is 0 Å².